The number of anilines is 1. The average Bonchev–Trinajstić information content (AvgIpc) is 3.69. The molecule has 0 spiro atoms. The number of aromatic nitrogens is 1. The molecule has 0 bridgehead atoms. The topological polar surface area (TPSA) is 77.7 Å². The van der Waals surface area contributed by atoms with Crippen LogP contribution >= 0.6 is 0 Å². The Morgan fingerprint density at radius 3 is 2.32 bits per heavy atom. The van der Waals surface area contributed by atoms with Gasteiger partial charge in [-0.1, -0.05) is 42.5 Å². The zero-order chi connectivity index (χ0) is 24.1. The van der Waals surface area contributed by atoms with Crippen molar-refractivity contribution in [2.24, 2.45) is 11.7 Å². The number of nitrogens with zero attached hydrogens (tertiary/aromatic N) is 2. The molecule has 2 N–H and O–H groups in total. The van der Waals surface area contributed by atoms with E-state index in [1.54, 1.807) is 20.4 Å². The number of amides is 1. The van der Waals surface area contributed by atoms with Gasteiger partial charge in [0, 0.05) is 56.2 Å². The van der Waals surface area contributed by atoms with Crippen molar-refractivity contribution in [2.45, 2.75) is 38.0 Å². The van der Waals surface area contributed by atoms with E-state index < -0.39 is 0 Å². The third-order valence-corrected chi connectivity index (χ3v) is 6.59. The minimum atomic E-state index is -0.297. The Morgan fingerprint density at radius 1 is 1.06 bits per heavy atom. The van der Waals surface area contributed by atoms with Crippen LogP contribution in [0.2, 0.25) is 0 Å². The van der Waals surface area contributed by atoms with E-state index in [1.807, 2.05) is 42.2 Å². The third kappa shape index (κ3) is 5.53. The van der Waals surface area contributed by atoms with Crippen LogP contribution < -0.4 is 10.6 Å². The lowest BCUT2D eigenvalue weighted by Crippen LogP contribution is -2.47. The summed E-state index contributed by atoms with van der Waals surface area (Å²) in [4.78, 5) is 19.8. The molecular weight excluding hydrogens is 426 g/mol. The van der Waals surface area contributed by atoms with Crippen molar-refractivity contribution in [3.05, 3.63) is 84.2 Å². The zero-order valence-electron chi connectivity index (χ0n) is 20.1. The third-order valence-electron chi connectivity index (χ3n) is 6.59. The maximum atomic E-state index is 13.6. The lowest BCUT2D eigenvalue weighted by atomic mass is 10.0. The lowest BCUT2D eigenvalue weighted by Gasteiger charge is -2.29. The second-order valence-corrected chi connectivity index (χ2v) is 8.93. The number of benzene rings is 2. The first-order valence-electron chi connectivity index (χ1n) is 11.7. The first-order chi connectivity index (χ1) is 16.5. The molecule has 0 aliphatic heterocycles. The van der Waals surface area contributed by atoms with Crippen LogP contribution in [0.5, 0.6) is 0 Å². The average molecular weight is 460 g/mol. The minimum Gasteiger partial charge on any atom is -0.380 e. The second-order valence-electron chi connectivity index (χ2n) is 8.93. The highest BCUT2D eigenvalue weighted by atomic mass is 16.5. The molecule has 0 radical (unpaired) electrons. The smallest absolute Gasteiger partial charge is 0.230 e. The summed E-state index contributed by atoms with van der Waals surface area (Å²) < 4.78 is 10.6. The molecule has 4 rings (SSSR count). The van der Waals surface area contributed by atoms with Gasteiger partial charge >= 0.3 is 0 Å². The van der Waals surface area contributed by atoms with Crippen molar-refractivity contribution in [1.82, 2.24) is 4.98 Å². The molecule has 1 saturated carbocycles. The highest BCUT2D eigenvalue weighted by Gasteiger charge is 2.47. The van der Waals surface area contributed by atoms with E-state index in [1.165, 1.54) is 0 Å². The fourth-order valence-electron chi connectivity index (χ4n) is 4.24. The standard InChI is InChI=1S/C28H33N3O3/c1-19(34-3)26(29)17-31(28(32)25-16-24(25)27-6-4-5-15-30-27)23-13-11-22(12-14-23)21-9-7-20(8-10-21)18-33-2/h4-15,19,24-26H,16-18,29H2,1-3H3/t19-,24+,25+,26-/m1/s1. The van der Waals surface area contributed by atoms with E-state index in [0.717, 1.165) is 34.5 Å². The molecule has 4 atom stereocenters. The van der Waals surface area contributed by atoms with Crippen LogP contribution in [0.1, 0.15) is 30.5 Å². The molecule has 6 heteroatoms. The van der Waals surface area contributed by atoms with Gasteiger partial charge in [0.1, 0.15) is 0 Å². The monoisotopic (exact) mass is 459 g/mol. The zero-order valence-corrected chi connectivity index (χ0v) is 20.1. The van der Waals surface area contributed by atoms with Crippen molar-refractivity contribution in [2.75, 3.05) is 25.7 Å². The number of hydrogen-bond donors (Lipinski definition) is 1. The predicted octanol–water partition coefficient (Wildman–Crippen LogP) is 4.39. The van der Waals surface area contributed by atoms with Crippen molar-refractivity contribution >= 4 is 11.6 Å². The second kappa shape index (κ2) is 10.9. The molecule has 3 aromatic rings. The largest absolute Gasteiger partial charge is 0.380 e. The summed E-state index contributed by atoms with van der Waals surface area (Å²) in [5, 5.41) is 0. The molecular formula is C28H33N3O3. The Morgan fingerprint density at radius 2 is 1.74 bits per heavy atom. The normalized spacial score (nSPS) is 18.8. The van der Waals surface area contributed by atoms with Crippen LogP contribution in [-0.4, -0.2) is 43.8 Å². The van der Waals surface area contributed by atoms with Crippen molar-refractivity contribution in [3.8, 4) is 11.1 Å². The Balaban J connectivity index is 1.54. The SMILES string of the molecule is COCc1ccc(-c2ccc(N(C[C@@H](N)[C@@H](C)OC)C(=O)[C@H]3C[C@@H]3c3ccccn3)cc2)cc1. The molecule has 1 heterocycles. The van der Waals surface area contributed by atoms with Crippen LogP contribution in [0.25, 0.3) is 11.1 Å². The molecule has 34 heavy (non-hydrogen) atoms. The maximum absolute atomic E-state index is 13.6. The van der Waals surface area contributed by atoms with Crippen molar-refractivity contribution in [1.29, 1.82) is 0 Å². The van der Waals surface area contributed by atoms with E-state index in [9.17, 15) is 4.79 Å². The van der Waals surface area contributed by atoms with Crippen LogP contribution in [-0.2, 0) is 20.9 Å². The molecule has 1 aliphatic rings. The molecule has 1 amide bonds. The van der Waals surface area contributed by atoms with Gasteiger partial charge in [0.2, 0.25) is 5.91 Å². The van der Waals surface area contributed by atoms with Crippen LogP contribution in [0.15, 0.2) is 72.9 Å². The fraction of sp³-hybridized carbons (Fsp3) is 0.357. The van der Waals surface area contributed by atoms with Crippen molar-refractivity contribution in [3.63, 3.8) is 0 Å². The Kier molecular flexibility index (Phi) is 7.73. The number of carbonyl (C=O) groups is 1. The molecule has 0 saturated heterocycles. The summed E-state index contributed by atoms with van der Waals surface area (Å²) >= 11 is 0. The van der Waals surface area contributed by atoms with E-state index in [2.05, 4.69) is 41.4 Å². The van der Waals surface area contributed by atoms with Gasteiger partial charge in [-0.05, 0) is 54.3 Å². The molecule has 6 nitrogen and oxygen atoms in total. The Hall–Kier alpha value is -3.06. The first-order valence-corrected chi connectivity index (χ1v) is 11.7. The quantitative estimate of drug-likeness (QED) is 0.486. The highest BCUT2D eigenvalue weighted by Crippen LogP contribution is 2.48. The number of hydrogen-bond acceptors (Lipinski definition) is 5. The number of methoxy groups -OCH3 is 2. The van der Waals surface area contributed by atoms with Gasteiger partial charge < -0.3 is 20.1 Å². The summed E-state index contributed by atoms with van der Waals surface area (Å²) in [6, 6.07) is 22.0. The van der Waals surface area contributed by atoms with Crippen molar-refractivity contribution < 1.29 is 14.3 Å². The van der Waals surface area contributed by atoms with Gasteiger partial charge in [-0.15, -0.1) is 0 Å². The highest BCUT2D eigenvalue weighted by molar-refractivity contribution is 5.97. The van der Waals surface area contributed by atoms with Crippen LogP contribution in [0, 0.1) is 5.92 Å². The maximum Gasteiger partial charge on any atom is 0.230 e. The van der Waals surface area contributed by atoms with E-state index in [0.29, 0.717) is 13.2 Å². The molecule has 1 aliphatic carbocycles. The summed E-state index contributed by atoms with van der Waals surface area (Å²) in [6.07, 6.45) is 2.43. The van der Waals surface area contributed by atoms with Gasteiger partial charge in [-0.2, -0.15) is 0 Å². The predicted molar refractivity (Wildman–Crippen MR) is 134 cm³/mol. The summed E-state index contributed by atoms with van der Waals surface area (Å²) in [5.74, 6) is 0.177. The van der Waals surface area contributed by atoms with Gasteiger partial charge in [0.25, 0.3) is 0 Å². The number of rotatable bonds is 10. The first kappa shape index (κ1) is 24.1. The molecule has 2 aromatic carbocycles. The number of carbonyl (C=O) groups excluding carboxylic acids is 1. The van der Waals surface area contributed by atoms with Crippen LogP contribution in [0.3, 0.4) is 0 Å². The molecule has 1 aromatic heterocycles. The number of ether oxygens (including phenoxy) is 2. The lowest BCUT2D eigenvalue weighted by molar-refractivity contribution is -0.120. The fourth-order valence-corrected chi connectivity index (χ4v) is 4.24. The van der Waals surface area contributed by atoms with Gasteiger partial charge in [-0.3, -0.25) is 9.78 Å². The Labute approximate surface area is 201 Å². The summed E-state index contributed by atoms with van der Waals surface area (Å²) in [5.41, 5.74) is 11.5. The van der Waals surface area contributed by atoms with E-state index in [-0.39, 0.29) is 29.9 Å². The Bertz CT molecular complexity index is 1070. The van der Waals surface area contributed by atoms with Gasteiger partial charge in [-0.25, -0.2) is 0 Å². The van der Waals surface area contributed by atoms with Crippen LogP contribution in [0.4, 0.5) is 5.69 Å². The summed E-state index contributed by atoms with van der Waals surface area (Å²) in [7, 11) is 3.33. The minimum absolute atomic E-state index is 0.0760. The van der Waals surface area contributed by atoms with E-state index in [4.69, 9.17) is 15.2 Å². The molecule has 1 fully saturated rings. The van der Waals surface area contributed by atoms with E-state index >= 15 is 0 Å². The number of pyridine rings is 1. The summed E-state index contributed by atoms with van der Waals surface area (Å²) in [6.45, 7) is 2.92. The van der Waals surface area contributed by atoms with Gasteiger partial charge in [0.05, 0.1) is 12.7 Å². The van der Waals surface area contributed by atoms with Gasteiger partial charge in [0.15, 0.2) is 0 Å². The number of nitrogens with two attached hydrogens (primary N) is 1. The molecule has 0 unspecified atom stereocenters. The molecule has 178 valence electrons.